The molecule has 0 saturated carbocycles. The van der Waals surface area contributed by atoms with Gasteiger partial charge in [0, 0.05) is 16.7 Å². The second-order valence-corrected chi connectivity index (χ2v) is 7.87. The Morgan fingerprint density at radius 2 is 1.45 bits per heavy atom. The summed E-state index contributed by atoms with van der Waals surface area (Å²) >= 11 is 6.18. The van der Waals surface area contributed by atoms with Crippen LogP contribution in [0.25, 0.3) is 22.1 Å². The molecule has 0 amide bonds. The third-order valence-corrected chi connectivity index (χ3v) is 5.62. The van der Waals surface area contributed by atoms with Crippen molar-refractivity contribution in [1.29, 1.82) is 0 Å². The lowest BCUT2D eigenvalue weighted by Gasteiger charge is -2.09. The van der Waals surface area contributed by atoms with Crippen molar-refractivity contribution in [2.45, 2.75) is 6.61 Å². The molecule has 0 aliphatic heterocycles. The quantitative estimate of drug-likeness (QED) is 0.267. The lowest BCUT2D eigenvalue weighted by molar-refractivity contribution is 0.306. The molecular weight excluding hydrogens is 436 g/mol. The topological polar surface area (TPSA) is 48.7 Å². The molecule has 4 aromatic carbocycles. The van der Waals surface area contributed by atoms with Gasteiger partial charge in [-0.2, -0.15) is 0 Å². The van der Waals surface area contributed by atoms with E-state index in [0.29, 0.717) is 34.1 Å². The van der Waals surface area contributed by atoms with Gasteiger partial charge in [0.05, 0.1) is 5.39 Å². The summed E-state index contributed by atoms with van der Waals surface area (Å²) in [6, 6.07) is 30.2. The SMILES string of the molecule is O=c1c(Oc2ccc(-c3ccccc3)cc2)coc2cc(OCc3ccccc3Cl)ccc12. The summed E-state index contributed by atoms with van der Waals surface area (Å²) in [7, 11) is 0. The van der Waals surface area contributed by atoms with Gasteiger partial charge in [0.15, 0.2) is 0 Å². The number of hydrogen-bond donors (Lipinski definition) is 0. The predicted octanol–water partition coefficient (Wildman–Crippen LogP) is 7.48. The first-order valence-corrected chi connectivity index (χ1v) is 10.8. The summed E-state index contributed by atoms with van der Waals surface area (Å²) in [6.07, 6.45) is 1.33. The Bertz CT molecular complexity index is 1460. The molecular formula is C28H19ClO4. The molecule has 0 fully saturated rings. The molecule has 0 atom stereocenters. The Morgan fingerprint density at radius 1 is 0.758 bits per heavy atom. The Kier molecular flexibility index (Phi) is 5.83. The maximum absolute atomic E-state index is 12.9. The minimum atomic E-state index is -0.249. The van der Waals surface area contributed by atoms with Crippen molar-refractivity contribution in [3.8, 4) is 28.4 Å². The smallest absolute Gasteiger partial charge is 0.235 e. The molecule has 0 radical (unpaired) electrons. The largest absolute Gasteiger partial charge is 0.489 e. The first-order valence-electron chi connectivity index (χ1n) is 10.4. The van der Waals surface area contributed by atoms with Crippen LogP contribution in [0.15, 0.2) is 113 Å². The molecule has 33 heavy (non-hydrogen) atoms. The fourth-order valence-electron chi connectivity index (χ4n) is 3.50. The molecule has 0 aliphatic carbocycles. The van der Waals surface area contributed by atoms with E-state index in [-0.39, 0.29) is 11.2 Å². The van der Waals surface area contributed by atoms with Crippen LogP contribution in [0.4, 0.5) is 0 Å². The van der Waals surface area contributed by atoms with E-state index in [1.54, 1.807) is 18.2 Å². The average Bonchev–Trinajstić information content (AvgIpc) is 2.86. The molecule has 1 heterocycles. The summed E-state index contributed by atoms with van der Waals surface area (Å²) in [5.74, 6) is 1.26. The van der Waals surface area contributed by atoms with Gasteiger partial charge in [-0.15, -0.1) is 0 Å². The molecule has 0 aliphatic rings. The van der Waals surface area contributed by atoms with E-state index >= 15 is 0 Å². The maximum atomic E-state index is 12.9. The molecule has 162 valence electrons. The Balaban J connectivity index is 1.33. The number of rotatable bonds is 6. The highest BCUT2D eigenvalue weighted by atomic mass is 35.5. The van der Waals surface area contributed by atoms with Crippen LogP contribution in [-0.4, -0.2) is 0 Å². The molecule has 0 spiro atoms. The number of fused-ring (bicyclic) bond motifs is 1. The van der Waals surface area contributed by atoms with E-state index in [1.807, 2.05) is 78.9 Å². The molecule has 5 rings (SSSR count). The highest BCUT2D eigenvalue weighted by molar-refractivity contribution is 6.31. The van der Waals surface area contributed by atoms with Crippen LogP contribution in [0.3, 0.4) is 0 Å². The van der Waals surface area contributed by atoms with E-state index in [1.165, 1.54) is 6.26 Å². The summed E-state index contributed by atoms with van der Waals surface area (Å²) in [4.78, 5) is 12.9. The van der Waals surface area contributed by atoms with E-state index in [9.17, 15) is 4.79 Å². The van der Waals surface area contributed by atoms with Gasteiger partial charge in [-0.05, 0) is 41.5 Å². The maximum Gasteiger partial charge on any atom is 0.235 e. The second-order valence-electron chi connectivity index (χ2n) is 7.46. The van der Waals surface area contributed by atoms with Crippen LogP contribution < -0.4 is 14.9 Å². The van der Waals surface area contributed by atoms with Gasteiger partial charge < -0.3 is 13.9 Å². The van der Waals surface area contributed by atoms with Crippen molar-refractivity contribution in [3.63, 3.8) is 0 Å². The lowest BCUT2D eigenvalue weighted by atomic mass is 10.1. The average molecular weight is 455 g/mol. The van der Waals surface area contributed by atoms with Crippen molar-refractivity contribution < 1.29 is 13.9 Å². The van der Waals surface area contributed by atoms with Crippen LogP contribution in [0.2, 0.25) is 5.02 Å². The Morgan fingerprint density at radius 3 is 2.24 bits per heavy atom. The van der Waals surface area contributed by atoms with Crippen molar-refractivity contribution in [1.82, 2.24) is 0 Å². The van der Waals surface area contributed by atoms with Crippen LogP contribution in [0.1, 0.15) is 5.56 Å². The van der Waals surface area contributed by atoms with Crippen LogP contribution in [0.5, 0.6) is 17.2 Å². The minimum absolute atomic E-state index is 0.125. The van der Waals surface area contributed by atoms with E-state index < -0.39 is 0 Å². The van der Waals surface area contributed by atoms with E-state index in [4.69, 9.17) is 25.5 Å². The zero-order valence-corrected chi connectivity index (χ0v) is 18.3. The summed E-state index contributed by atoms with van der Waals surface area (Å²) in [6.45, 7) is 0.315. The highest BCUT2D eigenvalue weighted by Gasteiger charge is 2.11. The third-order valence-electron chi connectivity index (χ3n) is 5.26. The molecule has 0 bridgehead atoms. The second kappa shape index (κ2) is 9.23. The first kappa shape index (κ1) is 20.9. The highest BCUT2D eigenvalue weighted by Crippen LogP contribution is 2.27. The fraction of sp³-hybridized carbons (Fsp3) is 0.0357. The lowest BCUT2D eigenvalue weighted by Crippen LogP contribution is -2.05. The van der Waals surface area contributed by atoms with Crippen LogP contribution in [0, 0.1) is 0 Å². The van der Waals surface area contributed by atoms with Crippen molar-refractivity contribution in [2.75, 3.05) is 0 Å². The molecule has 0 saturated heterocycles. The van der Waals surface area contributed by atoms with Gasteiger partial charge in [0.1, 0.15) is 30.0 Å². The van der Waals surface area contributed by atoms with E-state index in [0.717, 1.165) is 16.7 Å². The van der Waals surface area contributed by atoms with Gasteiger partial charge in [-0.25, -0.2) is 0 Å². The number of hydrogen-bond acceptors (Lipinski definition) is 4. The molecule has 1 aromatic heterocycles. The molecule has 4 nitrogen and oxygen atoms in total. The van der Waals surface area contributed by atoms with E-state index in [2.05, 4.69) is 0 Å². The standard InChI is InChI=1S/C28H19ClO4/c29-25-9-5-4-8-21(25)17-31-23-14-15-24-26(16-23)32-18-27(28(24)30)33-22-12-10-20(11-13-22)19-6-2-1-3-7-19/h1-16,18H,17H2. The fourth-order valence-corrected chi connectivity index (χ4v) is 3.69. The number of benzene rings is 4. The first-order chi connectivity index (χ1) is 16.2. The molecule has 5 heteroatoms. The minimum Gasteiger partial charge on any atom is -0.489 e. The zero-order chi connectivity index (χ0) is 22.6. The molecule has 0 N–H and O–H groups in total. The Labute approximate surface area is 195 Å². The number of ether oxygens (including phenoxy) is 2. The monoisotopic (exact) mass is 454 g/mol. The van der Waals surface area contributed by atoms with Gasteiger partial charge in [0.2, 0.25) is 11.2 Å². The summed E-state index contributed by atoms with van der Waals surface area (Å²) in [5.41, 5.74) is 3.23. The predicted molar refractivity (Wildman–Crippen MR) is 130 cm³/mol. The zero-order valence-electron chi connectivity index (χ0n) is 17.5. The van der Waals surface area contributed by atoms with Gasteiger partial charge in [-0.3, -0.25) is 4.79 Å². The summed E-state index contributed by atoms with van der Waals surface area (Å²) in [5, 5.41) is 1.06. The van der Waals surface area contributed by atoms with Gasteiger partial charge in [0.25, 0.3) is 0 Å². The Hall–Kier alpha value is -4.02. The van der Waals surface area contributed by atoms with Crippen LogP contribution in [-0.2, 0) is 6.61 Å². The van der Waals surface area contributed by atoms with Crippen molar-refractivity contribution in [2.24, 2.45) is 0 Å². The van der Waals surface area contributed by atoms with Gasteiger partial charge >= 0.3 is 0 Å². The van der Waals surface area contributed by atoms with Crippen molar-refractivity contribution in [3.05, 3.63) is 124 Å². The van der Waals surface area contributed by atoms with Gasteiger partial charge in [-0.1, -0.05) is 72.3 Å². The van der Waals surface area contributed by atoms with Crippen molar-refractivity contribution >= 4 is 22.6 Å². The summed E-state index contributed by atoms with van der Waals surface area (Å²) < 4.78 is 17.3. The molecule has 5 aromatic rings. The normalized spacial score (nSPS) is 10.8. The third kappa shape index (κ3) is 4.61. The molecule has 0 unspecified atom stereocenters. The number of halogens is 1. The van der Waals surface area contributed by atoms with Crippen LogP contribution >= 0.6 is 11.6 Å².